The van der Waals surface area contributed by atoms with Gasteiger partial charge in [0.25, 0.3) is 0 Å². The van der Waals surface area contributed by atoms with Crippen molar-refractivity contribution in [3.05, 3.63) is 0 Å². The highest BCUT2D eigenvalue weighted by molar-refractivity contribution is 8.13. The van der Waals surface area contributed by atoms with Gasteiger partial charge >= 0.3 is 5.97 Å². The molecule has 2 N–H and O–H groups in total. The number of carbonyl (C=O) groups excluding carboxylic acids is 3. The van der Waals surface area contributed by atoms with E-state index >= 15 is 0 Å². The van der Waals surface area contributed by atoms with Crippen LogP contribution < -0.4 is 5.73 Å². The summed E-state index contributed by atoms with van der Waals surface area (Å²) in [5.41, 5.74) is 5.37. The van der Waals surface area contributed by atoms with Gasteiger partial charge in [-0.1, -0.05) is 11.8 Å². The molecule has 0 spiro atoms. The van der Waals surface area contributed by atoms with Crippen LogP contribution in [0, 0.1) is 0 Å². The van der Waals surface area contributed by atoms with E-state index in [0.29, 0.717) is 12.4 Å². The van der Waals surface area contributed by atoms with Crippen molar-refractivity contribution in [2.45, 2.75) is 39.2 Å². The summed E-state index contributed by atoms with van der Waals surface area (Å²) in [7, 11) is 0. The molecule has 1 atom stereocenters. The predicted molar refractivity (Wildman–Crippen MR) is 66.6 cm³/mol. The van der Waals surface area contributed by atoms with E-state index in [2.05, 4.69) is 0 Å². The van der Waals surface area contributed by atoms with Crippen molar-refractivity contribution in [2.75, 3.05) is 12.4 Å². The average Bonchev–Trinajstić information content (AvgIpc) is 2.26. The molecule has 6 heteroatoms. The zero-order valence-electron chi connectivity index (χ0n) is 10.2. The minimum absolute atomic E-state index is 0.0942. The molecule has 0 aliphatic heterocycles. The number of rotatable bonds is 8. The zero-order chi connectivity index (χ0) is 13.3. The first kappa shape index (κ1) is 16.1. The maximum Gasteiger partial charge on any atom is 0.306 e. The molecule has 17 heavy (non-hydrogen) atoms. The van der Waals surface area contributed by atoms with Gasteiger partial charge in [0.1, 0.15) is 5.78 Å². The largest absolute Gasteiger partial charge is 0.466 e. The molecule has 0 aromatic heterocycles. The van der Waals surface area contributed by atoms with Crippen molar-refractivity contribution in [1.82, 2.24) is 0 Å². The number of hydrogen-bond donors (Lipinski definition) is 1. The first-order valence-corrected chi connectivity index (χ1v) is 6.55. The van der Waals surface area contributed by atoms with E-state index < -0.39 is 6.04 Å². The summed E-state index contributed by atoms with van der Waals surface area (Å²) in [6.07, 6.45) is 0.558. The molecule has 0 rings (SSSR count). The second-order valence-electron chi connectivity index (χ2n) is 3.53. The maximum absolute atomic E-state index is 11.3. The fourth-order valence-electron chi connectivity index (χ4n) is 1.01. The van der Waals surface area contributed by atoms with Crippen molar-refractivity contribution in [1.29, 1.82) is 0 Å². The van der Waals surface area contributed by atoms with Gasteiger partial charge in [-0.05, 0) is 13.8 Å². The highest BCUT2D eigenvalue weighted by atomic mass is 32.2. The quantitative estimate of drug-likeness (QED) is 0.653. The molecule has 0 amide bonds. The molecule has 0 saturated carbocycles. The van der Waals surface area contributed by atoms with Crippen molar-refractivity contribution < 1.29 is 19.1 Å². The third-order valence-electron chi connectivity index (χ3n) is 1.96. The Hall–Kier alpha value is -0.880. The average molecular weight is 261 g/mol. The Kier molecular flexibility index (Phi) is 8.71. The summed E-state index contributed by atoms with van der Waals surface area (Å²) in [5, 5.41) is -0.0942. The molecule has 0 saturated heterocycles. The van der Waals surface area contributed by atoms with Gasteiger partial charge in [-0.3, -0.25) is 14.4 Å². The summed E-state index contributed by atoms with van der Waals surface area (Å²) < 4.78 is 4.72. The fraction of sp³-hybridized carbons (Fsp3) is 0.727. The van der Waals surface area contributed by atoms with Crippen LogP contribution in [0.3, 0.4) is 0 Å². The van der Waals surface area contributed by atoms with E-state index in [9.17, 15) is 14.4 Å². The number of hydrogen-bond acceptors (Lipinski definition) is 6. The van der Waals surface area contributed by atoms with Crippen LogP contribution in [0.15, 0.2) is 0 Å². The number of ether oxygens (including phenoxy) is 1. The van der Waals surface area contributed by atoms with E-state index in [-0.39, 0.29) is 36.1 Å². The van der Waals surface area contributed by atoms with Gasteiger partial charge in [0, 0.05) is 18.6 Å². The first-order valence-electron chi connectivity index (χ1n) is 5.57. The van der Waals surface area contributed by atoms with E-state index in [1.54, 1.807) is 13.8 Å². The van der Waals surface area contributed by atoms with Crippen LogP contribution in [0.25, 0.3) is 0 Å². The Balaban J connectivity index is 3.60. The molecule has 0 aliphatic carbocycles. The summed E-state index contributed by atoms with van der Waals surface area (Å²) in [6, 6.07) is -0.521. The smallest absolute Gasteiger partial charge is 0.306 e. The maximum atomic E-state index is 11.3. The molecular weight excluding hydrogens is 242 g/mol. The Morgan fingerprint density at radius 1 is 1.24 bits per heavy atom. The van der Waals surface area contributed by atoms with Crippen molar-refractivity contribution >= 4 is 28.6 Å². The fourth-order valence-corrected chi connectivity index (χ4v) is 1.75. The molecule has 0 aliphatic rings. The minimum atomic E-state index is -0.521. The van der Waals surface area contributed by atoms with Crippen LogP contribution >= 0.6 is 11.8 Å². The van der Waals surface area contributed by atoms with Gasteiger partial charge in [-0.25, -0.2) is 0 Å². The zero-order valence-corrected chi connectivity index (χ0v) is 11.0. The van der Waals surface area contributed by atoms with Crippen LogP contribution in [0.1, 0.15) is 33.1 Å². The molecule has 0 heterocycles. The molecule has 0 fully saturated rings. The molecule has 0 unspecified atom stereocenters. The third kappa shape index (κ3) is 8.88. The van der Waals surface area contributed by atoms with E-state index in [1.165, 1.54) is 0 Å². The van der Waals surface area contributed by atoms with Crippen LogP contribution in [0.4, 0.5) is 0 Å². The van der Waals surface area contributed by atoms with Gasteiger partial charge in [0.15, 0.2) is 5.12 Å². The molecule has 0 aromatic rings. The molecular formula is C11H19NO4S. The normalized spacial score (nSPS) is 11.9. The van der Waals surface area contributed by atoms with E-state index in [1.807, 2.05) is 0 Å². The predicted octanol–water partition coefficient (Wildman–Crippen LogP) is 0.896. The van der Waals surface area contributed by atoms with E-state index in [0.717, 1.165) is 11.8 Å². The standard InChI is InChI=1S/C11H19NO4S/c1-3-16-10(14)6-7-17-11(15)5-4-9(13)8(2)12/h8H,3-7,12H2,1-2H3/t8-/m0/s1. The number of nitrogens with two attached hydrogens (primary N) is 1. The highest BCUT2D eigenvalue weighted by Crippen LogP contribution is 2.10. The van der Waals surface area contributed by atoms with Crippen LogP contribution in [0.2, 0.25) is 0 Å². The topological polar surface area (TPSA) is 86.5 Å². The number of Topliss-reactive ketones (excluding diaryl/α,β-unsaturated/α-hetero) is 1. The molecule has 0 radical (unpaired) electrons. The lowest BCUT2D eigenvalue weighted by atomic mass is 10.1. The second-order valence-corrected chi connectivity index (χ2v) is 4.68. The Bertz CT molecular complexity index is 279. The minimum Gasteiger partial charge on any atom is -0.466 e. The SMILES string of the molecule is CCOC(=O)CCSC(=O)CCC(=O)[C@H](C)N. The van der Waals surface area contributed by atoms with Crippen LogP contribution in [-0.2, 0) is 19.1 Å². The summed E-state index contributed by atoms with van der Waals surface area (Å²) in [5.74, 6) is -0.0341. The van der Waals surface area contributed by atoms with Gasteiger partial charge in [-0.2, -0.15) is 0 Å². The van der Waals surface area contributed by atoms with Gasteiger partial charge in [-0.15, -0.1) is 0 Å². The molecule has 5 nitrogen and oxygen atoms in total. The van der Waals surface area contributed by atoms with Gasteiger partial charge in [0.2, 0.25) is 0 Å². The lowest BCUT2D eigenvalue weighted by Crippen LogP contribution is -2.26. The Morgan fingerprint density at radius 2 is 1.88 bits per heavy atom. The Labute approximate surface area is 105 Å². The second kappa shape index (κ2) is 9.18. The summed E-state index contributed by atoms with van der Waals surface area (Å²) >= 11 is 1.05. The van der Waals surface area contributed by atoms with Gasteiger partial charge in [0.05, 0.1) is 19.1 Å². The summed E-state index contributed by atoms with van der Waals surface area (Å²) in [4.78, 5) is 33.4. The van der Waals surface area contributed by atoms with Crippen LogP contribution in [0.5, 0.6) is 0 Å². The van der Waals surface area contributed by atoms with Crippen LogP contribution in [-0.4, -0.2) is 35.3 Å². The van der Waals surface area contributed by atoms with E-state index in [4.69, 9.17) is 10.5 Å². The van der Waals surface area contributed by atoms with Crippen molar-refractivity contribution in [2.24, 2.45) is 5.73 Å². The number of esters is 1. The van der Waals surface area contributed by atoms with Gasteiger partial charge < -0.3 is 10.5 Å². The monoisotopic (exact) mass is 261 g/mol. The van der Waals surface area contributed by atoms with Crippen molar-refractivity contribution in [3.63, 3.8) is 0 Å². The number of thioether (sulfide) groups is 1. The third-order valence-corrected chi connectivity index (χ3v) is 2.89. The molecule has 98 valence electrons. The number of ketones is 1. The summed E-state index contributed by atoms with van der Waals surface area (Å²) in [6.45, 7) is 3.68. The first-order chi connectivity index (χ1) is 7.97. The molecule has 0 aromatic carbocycles. The molecule has 0 bridgehead atoms. The Morgan fingerprint density at radius 3 is 2.41 bits per heavy atom. The number of carbonyl (C=O) groups is 3. The highest BCUT2D eigenvalue weighted by Gasteiger charge is 2.11. The lowest BCUT2D eigenvalue weighted by molar-refractivity contribution is -0.142. The lowest BCUT2D eigenvalue weighted by Gasteiger charge is -2.03. The van der Waals surface area contributed by atoms with Crippen molar-refractivity contribution in [3.8, 4) is 0 Å².